The van der Waals surface area contributed by atoms with Crippen molar-refractivity contribution in [3.8, 4) is 0 Å². The van der Waals surface area contributed by atoms with Crippen LogP contribution in [0.2, 0.25) is 0 Å². The summed E-state index contributed by atoms with van der Waals surface area (Å²) in [6.07, 6.45) is 0. The third-order valence-corrected chi connectivity index (χ3v) is 0.328. The van der Waals surface area contributed by atoms with Gasteiger partial charge in [-0.25, -0.2) is 0 Å². The van der Waals surface area contributed by atoms with Crippen molar-refractivity contribution in [1.29, 1.82) is 0 Å². The molecule has 46 valence electrons. The summed E-state index contributed by atoms with van der Waals surface area (Å²) in [5.74, 6) is -0.822. The molecule has 3 nitrogen and oxygen atoms in total. The van der Waals surface area contributed by atoms with Gasteiger partial charge < -0.3 is 10.4 Å². The van der Waals surface area contributed by atoms with Crippen LogP contribution in [0.4, 0.5) is 0 Å². The van der Waals surface area contributed by atoms with Crippen LogP contribution in [0.25, 0.3) is 0 Å². The second kappa shape index (κ2) is 16.1. The molecule has 0 amide bonds. The summed E-state index contributed by atoms with van der Waals surface area (Å²) in [5.41, 5.74) is 0. The van der Waals surface area contributed by atoms with Gasteiger partial charge in [-0.3, -0.25) is 4.79 Å². The van der Waals surface area contributed by atoms with Crippen LogP contribution < -0.4 is 5.32 Å². The van der Waals surface area contributed by atoms with Crippen LogP contribution in [-0.4, -0.2) is 42.0 Å². The summed E-state index contributed by atoms with van der Waals surface area (Å²) in [6, 6.07) is 0. The van der Waals surface area contributed by atoms with Crippen molar-refractivity contribution in [3.63, 3.8) is 0 Å². The minimum Gasteiger partial charge on any atom is -0.480 e. The number of hydrogen-bond acceptors (Lipinski definition) is 2. The van der Waals surface area contributed by atoms with Crippen molar-refractivity contribution < 1.29 is 36.1 Å². The number of aliphatic carboxylic acids is 1. The number of carbonyl (C=O) groups is 1. The molecule has 0 spiro atoms. The predicted molar refractivity (Wildman–Crippen MR) is 34.6 cm³/mol. The molecule has 0 aliphatic carbocycles. The van der Waals surface area contributed by atoms with Gasteiger partial charge in [0.05, 0.1) is 6.54 Å². The Morgan fingerprint density at radius 3 is 2.00 bits per heavy atom. The van der Waals surface area contributed by atoms with E-state index in [9.17, 15) is 4.79 Å². The van der Waals surface area contributed by atoms with Crippen LogP contribution in [-0.2, 0) is 31.0 Å². The van der Waals surface area contributed by atoms with Gasteiger partial charge in [-0.2, -0.15) is 0 Å². The van der Waals surface area contributed by atoms with Gasteiger partial charge in [-0.05, 0) is 7.05 Å². The molecule has 0 aliphatic heterocycles. The molecule has 2 N–H and O–H groups in total. The normalized spacial score (nSPS) is 5.44. The Balaban J connectivity index is -0.0000000417. The fourth-order valence-corrected chi connectivity index (χ4v) is 0.151. The van der Waals surface area contributed by atoms with E-state index in [0.29, 0.717) is 0 Å². The smallest absolute Gasteiger partial charge is 0.480 e. The average Bonchev–Trinajstić information content (AvgIpc) is 1.35. The summed E-state index contributed by atoms with van der Waals surface area (Å²) >= 11 is 0. The monoisotopic (exact) mass is 242 g/mol. The molecule has 0 saturated carbocycles. The number of hydrogen-bond donors (Lipinski definition) is 2. The average molecular weight is 244 g/mol. The quantitative estimate of drug-likeness (QED) is 0.633. The molecule has 6 heteroatoms. The molecule has 0 unspecified atom stereocenters. The third-order valence-electron chi connectivity index (χ3n) is 0.328. The van der Waals surface area contributed by atoms with Crippen LogP contribution in [0.3, 0.4) is 0 Å². The van der Waals surface area contributed by atoms with Gasteiger partial charge in [0, 0.05) is 0 Å². The number of nitrogens with one attached hydrogen (secondary N) is 1. The van der Waals surface area contributed by atoms with E-state index in [1.54, 1.807) is 7.05 Å². The molecular weight excluding hydrogens is 236 g/mol. The molecule has 0 radical (unpaired) electrons. The van der Waals surface area contributed by atoms with Crippen molar-refractivity contribution in [2.75, 3.05) is 13.6 Å². The Bertz CT molecular complexity index is 65.8. The molecule has 0 rings (SSSR count). The molecular formula is C3H8AlClNO2Zr+5. The van der Waals surface area contributed by atoms with E-state index >= 15 is 0 Å². The standard InChI is InChI=1S/C3H7NO2.Al.ClH.Zr/c1-4-2-3(5)6;;;/h4H,2H2,1H3,(H,5,6);;1H;/q;+3;;+2. The number of carboxylic acid groups (broad SMARTS) is 1. The van der Waals surface area contributed by atoms with Crippen molar-refractivity contribution in [3.05, 3.63) is 0 Å². The third kappa shape index (κ3) is 27.2. The molecule has 0 aliphatic rings. The van der Waals surface area contributed by atoms with Gasteiger partial charge in [-0.1, -0.05) is 0 Å². The molecule has 0 aromatic rings. The van der Waals surface area contributed by atoms with Crippen LogP contribution in [0.5, 0.6) is 0 Å². The molecule has 0 fully saturated rings. The number of rotatable bonds is 2. The maximum absolute atomic E-state index is 9.54. The largest absolute Gasteiger partial charge is 3.00 e. The van der Waals surface area contributed by atoms with Gasteiger partial charge in [0.2, 0.25) is 0 Å². The first-order valence-electron chi connectivity index (χ1n) is 1.63. The summed E-state index contributed by atoms with van der Waals surface area (Å²) < 4.78 is 0. The van der Waals surface area contributed by atoms with Crippen LogP contribution in [0, 0.1) is 0 Å². The fourth-order valence-electron chi connectivity index (χ4n) is 0.151. The molecule has 0 heterocycles. The first-order chi connectivity index (χ1) is 2.77. The second-order valence-corrected chi connectivity index (χ2v) is 0.924. The van der Waals surface area contributed by atoms with Crippen LogP contribution in [0.1, 0.15) is 0 Å². The number of halogens is 1. The summed E-state index contributed by atoms with van der Waals surface area (Å²) in [7, 11) is 1.59. The van der Waals surface area contributed by atoms with Gasteiger partial charge in [0.25, 0.3) is 0 Å². The van der Waals surface area contributed by atoms with E-state index in [4.69, 9.17) is 5.11 Å². The zero-order chi connectivity index (χ0) is 4.99. The van der Waals surface area contributed by atoms with Gasteiger partial charge >= 0.3 is 49.5 Å². The van der Waals surface area contributed by atoms with E-state index in [2.05, 4.69) is 5.32 Å². The van der Waals surface area contributed by atoms with Crippen LogP contribution in [0.15, 0.2) is 0 Å². The Morgan fingerprint density at radius 2 is 2.00 bits per heavy atom. The molecule has 0 aromatic heterocycles. The summed E-state index contributed by atoms with van der Waals surface area (Å²) in [6.45, 7) is 0.0417. The molecule has 0 atom stereocenters. The van der Waals surface area contributed by atoms with Crippen molar-refractivity contribution in [2.45, 2.75) is 0 Å². The molecule has 9 heavy (non-hydrogen) atoms. The molecule has 0 aromatic carbocycles. The number of carboxylic acids is 1. The van der Waals surface area contributed by atoms with E-state index in [-0.39, 0.29) is 62.5 Å². The van der Waals surface area contributed by atoms with Gasteiger partial charge in [0.15, 0.2) is 0 Å². The van der Waals surface area contributed by atoms with Crippen molar-refractivity contribution in [1.82, 2.24) is 5.32 Å². The second-order valence-electron chi connectivity index (χ2n) is 0.924. The topological polar surface area (TPSA) is 49.3 Å². The fraction of sp³-hybridized carbons (Fsp3) is 0.667. The maximum atomic E-state index is 9.54. The van der Waals surface area contributed by atoms with Gasteiger partial charge in [0.1, 0.15) is 0 Å². The summed E-state index contributed by atoms with van der Waals surface area (Å²) in [4.78, 5) is 9.54. The Morgan fingerprint density at radius 1 is 1.67 bits per heavy atom. The first kappa shape index (κ1) is 22.5. The number of likely N-dealkylation sites (N-methyl/N-ethyl adjacent to an activating group) is 1. The zero-order valence-corrected chi connectivity index (χ0v) is 9.48. The van der Waals surface area contributed by atoms with Gasteiger partial charge in [-0.15, -0.1) is 12.4 Å². The molecule has 0 bridgehead atoms. The minimum absolute atomic E-state index is 0. The Hall–Kier alpha value is 1.14. The summed E-state index contributed by atoms with van der Waals surface area (Å²) in [5, 5.41) is 10.3. The van der Waals surface area contributed by atoms with E-state index < -0.39 is 5.97 Å². The minimum atomic E-state index is -0.822. The van der Waals surface area contributed by atoms with Crippen LogP contribution >= 0.6 is 12.4 Å². The maximum Gasteiger partial charge on any atom is 3.00 e. The van der Waals surface area contributed by atoms with E-state index in [1.165, 1.54) is 0 Å². The zero-order valence-electron chi connectivity index (χ0n) is 5.05. The van der Waals surface area contributed by atoms with E-state index in [1.807, 2.05) is 0 Å². The first-order valence-corrected chi connectivity index (χ1v) is 1.63. The van der Waals surface area contributed by atoms with E-state index in [0.717, 1.165) is 0 Å². The molecule has 0 saturated heterocycles. The Labute approximate surface area is 90.2 Å². The van der Waals surface area contributed by atoms with Crippen molar-refractivity contribution in [2.24, 2.45) is 0 Å². The Kier molecular flexibility index (Phi) is 40.1. The van der Waals surface area contributed by atoms with Crippen molar-refractivity contribution >= 4 is 35.7 Å². The SMILES string of the molecule is CNCC(=O)O.Cl.[Al+3].[Zr+2]. The predicted octanol–water partition coefficient (Wildman–Crippen LogP) is -0.671.